The lowest BCUT2D eigenvalue weighted by Crippen LogP contribution is -2.15. The summed E-state index contributed by atoms with van der Waals surface area (Å²) in [5, 5.41) is -0.156. The summed E-state index contributed by atoms with van der Waals surface area (Å²) in [7, 11) is -4.25. The molecule has 0 radical (unpaired) electrons. The number of nitrogens with two attached hydrogens (primary N) is 1. The van der Waals surface area contributed by atoms with Crippen molar-refractivity contribution in [3.8, 4) is 0 Å². The van der Waals surface area contributed by atoms with Gasteiger partial charge < -0.3 is 5.73 Å². The summed E-state index contributed by atoms with van der Waals surface area (Å²) in [6.45, 7) is 0. The lowest BCUT2D eigenvalue weighted by Gasteiger charge is -2.10. The summed E-state index contributed by atoms with van der Waals surface area (Å²) in [4.78, 5) is -0.640. The van der Waals surface area contributed by atoms with Crippen LogP contribution >= 0.6 is 27.5 Å². The zero-order valence-electron chi connectivity index (χ0n) is 10.2. The van der Waals surface area contributed by atoms with E-state index in [2.05, 4.69) is 20.7 Å². The van der Waals surface area contributed by atoms with E-state index in [1.165, 1.54) is 12.1 Å². The van der Waals surface area contributed by atoms with E-state index in [4.69, 9.17) is 17.3 Å². The van der Waals surface area contributed by atoms with E-state index < -0.39 is 26.6 Å². The maximum atomic E-state index is 13.8. The van der Waals surface area contributed by atoms with Gasteiger partial charge in [0.2, 0.25) is 0 Å². The summed E-state index contributed by atoms with van der Waals surface area (Å²) in [5.41, 5.74) is 5.51. The van der Waals surface area contributed by atoms with Gasteiger partial charge in [-0.1, -0.05) is 11.6 Å². The van der Waals surface area contributed by atoms with Crippen molar-refractivity contribution < 1.29 is 17.2 Å². The second-order valence-electron chi connectivity index (χ2n) is 4.04. The maximum Gasteiger partial charge on any atom is 0.264 e. The Morgan fingerprint density at radius 1 is 1.14 bits per heavy atom. The number of nitrogen functional groups attached to an aromatic ring is 1. The smallest absolute Gasteiger partial charge is 0.264 e. The highest BCUT2D eigenvalue weighted by Crippen LogP contribution is 2.28. The van der Waals surface area contributed by atoms with Gasteiger partial charge in [0.05, 0.1) is 10.7 Å². The molecule has 0 bridgehead atoms. The minimum Gasteiger partial charge on any atom is -0.398 e. The molecule has 0 fully saturated rings. The number of benzene rings is 2. The first-order valence-corrected chi connectivity index (χ1v) is 8.08. The summed E-state index contributed by atoms with van der Waals surface area (Å²) >= 11 is 8.49. The first kappa shape index (κ1) is 16.0. The van der Waals surface area contributed by atoms with Gasteiger partial charge >= 0.3 is 0 Å². The summed E-state index contributed by atoms with van der Waals surface area (Å²) in [5.74, 6) is -1.79. The van der Waals surface area contributed by atoms with Gasteiger partial charge in [-0.3, -0.25) is 4.72 Å². The molecule has 0 saturated heterocycles. The molecule has 0 aliphatic rings. The molecule has 0 heterocycles. The first-order valence-electron chi connectivity index (χ1n) is 5.43. The fourth-order valence-corrected chi connectivity index (χ4v) is 3.10. The average Bonchev–Trinajstić information content (AvgIpc) is 2.37. The van der Waals surface area contributed by atoms with Crippen molar-refractivity contribution in [1.82, 2.24) is 0 Å². The highest BCUT2D eigenvalue weighted by molar-refractivity contribution is 9.10. The van der Waals surface area contributed by atoms with Crippen LogP contribution in [-0.2, 0) is 10.0 Å². The Morgan fingerprint density at radius 3 is 2.43 bits per heavy atom. The molecule has 0 aromatic heterocycles. The quantitative estimate of drug-likeness (QED) is 0.775. The molecule has 9 heteroatoms. The number of nitrogens with one attached hydrogen (secondary N) is 1. The fourth-order valence-electron chi connectivity index (χ4n) is 1.52. The minimum absolute atomic E-state index is 0.0547. The summed E-state index contributed by atoms with van der Waals surface area (Å²) in [6, 6.07) is 5.23. The molecule has 2 rings (SSSR count). The van der Waals surface area contributed by atoms with E-state index >= 15 is 0 Å². The molecule has 0 amide bonds. The van der Waals surface area contributed by atoms with Crippen molar-refractivity contribution in [3.05, 3.63) is 51.5 Å². The van der Waals surface area contributed by atoms with Gasteiger partial charge in [0.15, 0.2) is 0 Å². The van der Waals surface area contributed by atoms with Gasteiger partial charge in [-0.25, -0.2) is 17.2 Å². The van der Waals surface area contributed by atoms with Crippen LogP contribution in [0.1, 0.15) is 0 Å². The lowest BCUT2D eigenvalue weighted by atomic mass is 10.3. The zero-order chi connectivity index (χ0) is 15.8. The Labute approximate surface area is 133 Å². The number of rotatable bonds is 3. The molecule has 0 atom stereocenters. The number of sulfonamides is 1. The van der Waals surface area contributed by atoms with Gasteiger partial charge in [0.1, 0.15) is 16.5 Å². The van der Waals surface area contributed by atoms with Crippen molar-refractivity contribution in [2.45, 2.75) is 4.90 Å². The van der Waals surface area contributed by atoms with Crippen LogP contribution in [-0.4, -0.2) is 8.42 Å². The largest absolute Gasteiger partial charge is 0.398 e. The normalized spacial score (nSPS) is 11.4. The Kier molecular flexibility index (Phi) is 4.40. The van der Waals surface area contributed by atoms with Crippen molar-refractivity contribution >= 4 is 48.9 Å². The van der Waals surface area contributed by atoms with Crippen molar-refractivity contribution in [3.63, 3.8) is 0 Å². The Morgan fingerprint density at radius 2 is 1.81 bits per heavy atom. The van der Waals surface area contributed by atoms with Crippen LogP contribution in [0.25, 0.3) is 0 Å². The molecular weight excluding hydrogens is 390 g/mol. The molecule has 0 unspecified atom stereocenters. The van der Waals surface area contributed by atoms with Crippen LogP contribution < -0.4 is 10.5 Å². The highest BCUT2D eigenvalue weighted by atomic mass is 79.9. The van der Waals surface area contributed by atoms with Gasteiger partial charge in [-0.15, -0.1) is 0 Å². The van der Waals surface area contributed by atoms with E-state index in [0.717, 1.165) is 18.2 Å². The lowest BCUT2D eigenvalue weighted by molar-refractivity contribution is 0.570. The van der Waals surface area contributed by atoms with E-state index in [-0.39, 0.29) is 20.9 Å². The van der Waals surface area contributed by atoms with E-state index in [9.17, 15) is 17.2 Å². The van der Waals surface area contributed by atoms with E-state index in [1.807, 2.05) is 0 Å². The van der Waals surface area contributed by atoms with Crippen LogP contribution in [0.3, 0.4) is 0 Å². The van der Waals surface area contributed by atoms with Crippen molar-refractivity contribution in [2.75, 3.05) is 10.5 Å². The predicted octanol–water partition coefficient (Wildman–Crippen LogP) is 3.76. The zero-order valence-corrected chi connectivity index (χ0v) is 13.4. The van der Waals surface area contributed by atoms with Crippen molar-refractivity contribution in [2.24, 2.45) is 0 Å². The van der Waals surface area contributed by atoms with Gasteiger partial charge in [0.25, 0.3) is 10.0 Å². The van der Waals surface area contributed by atoms with Gasteiger partial charge in [-0.05, 0) is 46.3 Å². The Hall–Kier alpha value is -1.38. The number of hydrogen-bond donors (Lipinski definition) is 2. The minimum atomic E-state index is -4.25. The number of anilines is 2. The maximum absolute atomic E-state index is 13.8. The predicted molar refractivity (Wildman–Crippen MR) is 80.7 cm³/mol. The number of hydrogen-bond acceptors (Lipinski definition) is 3. The average molecular weight is 398 g/mol. The van der Waals surface area contributed by atoms with E-state index in [0.29, 0.717) is 0 Å². The molecule has 0 aliphatic carbocycles. The summed E-state index contributed by atoms with van der Waals surface area (Å²) < 4.78 is 53.6. The second kappa shape index (κ2) is 5.78. The van der Waals surface area contributed by atoms with Crippen LogP contribution in [0, 0.1) is 11.6 Å². The molecular formula is C12H8BrClF2N2O2S. The molecule has 4 nitrogen and oxygen atoms in total. The van der Waals surface area contributed by atoms with Crippen molar-refractivity contribution in [1.29, 1.82) is 0 Å². The molecule has 0 spiro atoms. The number of halogens is 4. The monoisotopic (exact) mass is 396 g/mol. The molecule has 0 saturated carbocycles. The topological polar surface area (TPSA) is 72.2 Å². The van der Waals surface area contributed by atoms with Crippen LogP contribution in [0.5, 0.6) is 0 Å². The van der Waals surface area contributed by atoms with Crippen LogP contribution in [0.2, 0.25) is 5.02 Å². The molecule has 112 valence electrons. The molecule has 0 aliphatic heterocycles. The molecule has 3 N–H and O–H groups in total. The van der Waals surface area contributed by atoms with Crippen LogP contribution in [0.15, 0.2) is 39.7 Å². The fraction of sp³-hybridized carbons (Fsp3) is 0. The molecule has 21 heavy (non-hydrogen) atoms. The standard InChI is InChI=1S/C12H8BrClF2N2O2S/c13-7-4-10(16)12(5-11(7)17)21(19,20)18-6-1-2-8(14)9(15)3-6/h1-5,18H,17H2. The third-order valence-electron chi connectivity index (χ3n) is 2.51. The Bertz CT molecular complexity index is 815. The summed E-state index contributed by atoms with van der Waals surface area (Å²) in [6.07, 6.45) is 0. The molecule has 2 aromatic rings. The van der Waals surface area contributed by atoms with E-state index in [1.54, 1.807) is 0 Å². The first-order chi connectivity index (χ1) is 9.70. The molecule has 2 aromatic carbocycles. The highest BCUT2D eigenvalue weighted by Gasteiger charge is 2.21. The third-order valence-corrected chi connectivity index (χ3v) is 4.90. The van der Waals surface area contributed by atoms with Crippen LogP contribution in [0.4, 0.5) is 20.2 Å². The Balaban J connectivity index is 2.43. The second-order valence-corrected chi connectivity index (χ2v) is 6.95. The van der Waals surface area contributed by atoms with Gasteiger partial charge in [-0.2, -0.15) is 0 Å². The SMILES string of the molecule is Nc1cc(S(=O)(=O)Nc2ccc(Cl)c(F)c2)c(F)cc1Br. The van der Waals surface area contributed by atoms with Gasteiger partial charge in [0, 0.05) is 10.2 Å². The third kappa shape index (κ3) is 3.45.